The first kappa shape index (κ1) is 23.1. The van der Waals surface area contributed by atoms with E-state index in [1.807, 2.05) is 0 Å². The first-order valence-electron chi connectivity index (χ1n) is 8.36. The first-order valence-corrected chi connectivity index (χ1v) is 8.36. The van der Waals surface area contributed by atoms with Gasteiger partial charge in [0.05, 0.1) is 13.0 Å². The highest BCUT2D eigenvalue weighted by molar-refractivity contribution is 6.02. The molecular weight excluding hydrogens is 424 g/mol. The highest BCUT2D eigenvalue weighted by atomic mass is 19.4. The van der Waals surface area contributed by atoms with Crippen LogP contribution in [0.4, 0.5) is 26.3 Å². The molecule has 0 spiro atoms. The van der Waals surface area contributed by atoms with Crippen molar-refractivity contribution in [2.24, 2.45) is 0 Å². The summed E-state index contributed by atoms with van der Waals surface area (Å²) in [4.78, 5) is 23.9. The van der Waals surface area contributed by atoms with Crippen molar-refractivity contribution in [3.8, 4) is 0 Å². The van der Waals surface area contributed by atoms with Gasteiger partial charge in [0.2, 0.25) is 17.8 Å². The van der Waals surface area contributed by atoms with Gasteiger partial charge in [-0.05, 0) is 11.6 Å². The molecule has 1 aromatic rings. The lowest BCUT2D eigenvalue weighted by atomic mass is 10.0. The Labute approximate surface area is 165 Å². The quantitative estimate of drug-likeness (QED) is 0.183. The summed E-state index contributed by atoms with van der Waals surface area (Å²) in [6.45, 7) is -1.45. The van der Waals surface area contributed by atoms with E-state index in [4.69, 9.17) is 10.8 Å². The van der Waals surface area contributed by atoms with Crippen molar-refractivity contribution in [3.05, 3.63) is 45.3 Å². The Morgan fingerprint density at radius 1 is 1.17 bits per heavy atom. The van der Waals surface area contributed by atoms with Crippen molar-refractivity contribution < 1.29 is 36.1 Å². The molecule has 1 aromatic carbocycles. The number of hydrogen-bond acceptors (Lipinski definition) is 5. The van der Waals surface area contributed by atoms with Gasteiger partial charge < -0.3 is 9.80 Å². The Hall–Kier alpha value is -3.19. The second-order valence-electron chi connectivity index (χ2n) is 6.47. The monoisotopic (exact) mass is 439 g/mol. The number of hydrogen-bond donors (Lipinski definition) is 2. The van der Waals surface area contributed by atoms with Gasteiger partial charge >= 0.3 is 6.18 Å². The molecule has 1 fully saturated rings. The number of rotatable bonds is 5. The van der Waals surface area contributed by atoms with Crippen molar-refractivity contribution >= 4 is 17.6 Å². The topological polar surface area (TPSA) is 114 Å². The molecule has 14 heteroatoms. The largest absolute Gasteiger partial charge is 0.449 e. The summed E-state index contributed by atoms with van der Waals surface area (Å²) < 4.78 is 77.9. The third-order valence-electron chi connectivity index (χ3n) is 4.40. The zero-order chi connectivity index (χ0) is 22.8. The molecule has 164 valence electrons. The Balaban J connectivity index is 2.06. The summed E-state index contributed by atoms with van der Waals surface area (Å²) in [5.74, 6) is -7.48. The molecule has 1 aliphatic heterocycles. The normalized spacial score (nSPS) is 15.9. The molecule has 1 heterocycles. The zero-order valence-electron chi connectivity index (χ0n) is 15.1. The van der Waals surface area contributed by atoms with Gasteiger partial charge in [-0.1, -0.05) is 0 Å². The van der Waals surface area contributed by atoms with Gasteiger partial charge in [-0.25, -0.2) is 13.2 Å². The van der Waals surface area contributed by atoms with Gasteiger partial charge in [0.15, 0.2) is 11.6 Å². The van der Waals surface area contributed by atoms with E-state index in [9.17, 15) is 41.3 Å². The van der Waals surface area contributed by atoms with Crippen LogP contribution in [0.5, 0.6) is 0 Å². The lowest BCUT2D eigenvalue weighted by Crippen LogP contribution is -2.56. The number of amides is 1. The number of carbonyl (C=O) groups is 1. The summed E-state index contributed by atoms with van der Waals surface area (Å²) in [7, 11) is 0. The van der Waals surface area contributed by atoms with Crippen molar-refractivity contribution in [3.63, 3.8) is 0 Å². The maximum atomic E-state index is 13.7. The Kier molecular flexibility index (Phi) is 6.67. The van der Waals surface area contributed by atoms with Gasteiger partial charge in [-0.3, -0.25) is 25.7 Å². The third kappa shape index (κ3) is 5.24. The molecule has 0 aliphatic carbocycles. The predicted molar refractivity (Wildman–Crippen MR) is 90.2 cm³/mol. The number of halogens is 6. The minimum absolute atomic E-state index is 0.222. The van der Waals surface area contributed by atoms with Crippen molar-refractivity contribution in [1.82, 2.24) is 9.80 Å². The molecule has 1 amide bonds. The molecule has 1 unspecified atom stereocenters. The fourth-order valence-electron chi connectivity index (χ4n) is 2.84. The van der Waals surface area contributed by atoms with Crippen molar-refractivity contribution in [2.45, 2.75) is 25.1 Å². The molecule has 2 rings (SSSR count). The zero-order valence-corrected chi connectivity index (χ0v) is 15.1. The van der Waals surface area contributed by atoms with Crippen LogP contribution in [-0.2, 0) is 11.2 Å². The van der Waals surface area contributed by atoms with Crippen LogP contribution in [0, 0.1) is 38.4 Å². The summed E-state index contributed by atoms with van der Waals surface area (Å²) in [5.41, 5.74) is -0.514. The van der Waals surface area contributed by atoms with E-state index in [1.54, 1.807) is 0 Å². The third-order valence-corrected chi connectivity index (χ3v) is 4.40. The number of carbonyl (C=O) groups excluding carboxylic acids is 1. The van der Waals surface area contributed by atoms with Crippen LogP contribution < -0.4 is 0 Å². The van der Waals surface area contributed by atoms with E-state index in [1.165, 1.54) is 0 Å². The molecule has 2 N–H and O–H groups in total. The summed E-state index contributed by atoms with van der Waals surface area (Å²) in [6, 6.07) is -1.04. The van der Waals surface area contributed by atoms with Gasteiger partial charge in [0, 0.05) is 30.5 Å². The van der Waals surface area contributed by atoms with Crippen molar-refractivity contribution in [1.29, 1.82) is 10.8 Å². The Bertz CT molecular complexity index is 891. The number of piperazine rings is 1. The number of nitrogens with zero attached hydrogens (tertiary/aromatic N) is 3. The smallest absolute Gasteiger partial charge is 0.333 e. The van der Waals surface area contributed by atoms with E-state index in [2.05, 4.69) is 0 Å². The molecule has 1 saturated heterocycles. The fraction of sp³-hybridized carbons (Fsp3) is 0.438. The molecule has 0 bridgehead atoms. The van der Waals surface area contributed by atoms with Crippen LogP contribution in [0.15, 0.2) is 12.1 Å². The van der Waals surface area contributed by atoms with E-state index in [-0.39, 0.29) is 12.6 Å². The standard InChI is InChI=1S/C16H15F6N5O3/c17-10-6-12(19)11(18)4-8(10)3-9(27(29)30)5-14(28)25-1-2-26(13(23)7-25)15(24)16(20,21)22/h4,6,9,23-24H,1-3,5,7H2. The van der Waals surface area contributed by atoms with Crippen LogP contribution in [0.2, 0.25) is 0 Å². The number of nitro groups is 1. The molecule has 8 nitrogen and oxygen atoms in total. The minimum Gasteiger partial charge on any atom is -0.333 e. The summed E-state index contributed by atoms with van der Waals surface area (Å²) >= 11 is 0. The van der Waals surface area contributed by atoms with E-state index in [0.29, 0.717) is 11.0 Å². The van der Waals surface area contributed by atoms with Gasteiger partial charge in [-0.2, -0.15) is 13.2 Å². The van der Waals surface area contributed by atoms with Gasteiger partial charge in [-0.15, -0.1) is 0 Å². The summed E-state index contributed by atoms with van der Waals surface area (Å²) in [5, 5.41) is 25.9. The molecular formula is C16H15F6N5O3. The summed E-state index contributed by atoms with van der Waals surface area (Å²) in [6.07, 6.45) is -6.50. The average molecular weight is 439 g/mol. The van der Waals surface area contributed by atoms with E-state index in [0.717, 1.165) is 4.90 Å². The van der Waals surface area contributed by atoms with Crippen LogP contribution >= 0.6 is 0 Å². The van der Waals surface area contributed by atoms with Crippen LogP contribution in [-0.4, -0.2) is 64.2 Å². The Morgan fingerprint density at radius 3 is 2.30 bits per heavy atom. The number of amidine groups is 2. The number of benzene rings is 1. The van der Waals surface area contributed by atoms with Gasteiger partial charge in [0.1, 0.15) is 11.7 Å². The molecule has 0 saturated carbocycles. The van der Waals surface area contributed by atoms with Crippen LogP contribution in [0.3, 0.4) is 0 Å². The van der Waals surface area contributed by atoms with E-state index < -0.39 is 83.7 Å². The van der Waals surface area contributed by atoms with Crippen LogP contribution in [0.25, 0.3) is 0 Å². The first-order chi connectivity index (χ1) is 13.8. The lowest BCUT2D eigenvalue weighted by Gasteiger charge is -2.36. The number of alkyl halides is 3. The van der Waals surface area contributed by atoms with Crippen LogP contribution in [0.1, 0.15) is 12.0 Å². The lowest BCUT2D eigenvalue weighted by molar-refractivity contribution is -0.521. The second-order valence-corrected chi connectivity index (χ2v) is 6.47. The average Bonchev–Trinajstić information content (AvgIpc) is 2.63. The molecule has 30 heavy (non-hydrogen) atoms. The Morgan fingerprint density at radius 2 is 1.77 bits per heavy atom. The molecule has 1 atom stereocenters. The predicted octanol–water partition coefficient (Wildman–Crippen LogP) is 2.34. The van der Waals surface area contributed by atoms with E-state index >= 15 is 0 Å². The molecule has 0 radical (unpaired) electrons. The fourth-order valence-corrected chi connectivity index (χ4v) is 2.84. The molecule has 0 aromatic heterocycles. The highest BCUT2D eigenvalue weighted by Gasteiger charge is 2.42. The maximum Gasteiger partial charge on any atom is 0.449 e. The highest BCUT2D eigenvalue weighted by Crippen LogP contribution is 2.21. The van der Waals surface area contributed by atoms with Crippen molar-refractivity contribution in [2.75, 3.05) is 19.6 Å². The maximum absolute atomic E-state index is 13.7. The number of nitrogens with one attached hydrogen (secondary N) is 2. The SMILES string of the molecule is N=C1CN(C(=O)CC(Cc2cc(F)c(F)cc2F)[N+](=O)[O-])CCN1C(=N)C(F)(F)F. The second kappa shape index (κ2) is 8.67. The molecule has 1 aliphatic rings. The van der Waals surface area contributed by atoms with Gasteiger partial charge in [0.25, 0.3) is 0 Å². The minimum atomic E-state index is -4.98.